The van der Waals surface area contributed by atoms with E-state index in [1.54, 1.807) is 6.07 Å². The minimum Gasteiger partial charge on any atom is -0.423 e. The van der Waals surface area contributed by atoms with E-state index in [0.717, 1.165) is 0 Å². The third kappa shape index (κ3) is 10.4. The van der Waals surface area contributed by atoms with Crippen molar-refractivity contribution >= 4 is 17.8 Å². The summed E-state index contributed by atoms with van der Waals surface area (Å²) in [6.07, 6.45) is 0.340. The Kier molecular flexibility index (Phi) is 13.1. The van der Waals surface area contributed by atoms with Gasteiger partial charge >= 0.3 is 17.8 Å². The highest BCUT2D eigenvalue weighted by Gasteiger charge is 2.26. The molecular formula is C27H42N4O6. The summed E-state index contributed by atoms with van der Waals surface area (Å²) in [6, 6.07) is 3.35. The molecule has 10 nitrogen and oxygen atoms in total. The van der Waals surface area contributed by atoms with E-state index in [1.807, 2.05) is 0 Å². The molecule has 0 aliphatic carbocycles. The zero-order valence-corrected chi connectivity index (χ0v) is 23.3. The quantitative estimate of drug-likeness (QED) is 0.0833. The summed E-state index contributed by atoms with van der Waals surface area (Å²) >= 11 is 0. The summed E-state index contributed by atoms with van der Waals surface area (Å²) < 4.78 is 11.3. The maximum atomic E-state index is 12.9. The molecule has 0 spiro atoms. The molecule has 0 aliphatic heterocycles. The van der Waals surface area contributed by atoms with Crippen LogP contribution in [0.3, 0.4) is 0 Å². The molecule has 0 aromatic heterocycles. The first-order valence-corrected chi connectivity index (χ1v) is 12.8. The number of nitrogens with two attached hydrogens (primary N) is 1. The van der Waals surface area contributed by atoms with Gasteiger partial charge in [0.15, 0.2) is 17.5 Å². The molecule has 0 bridgehead atoms. The van der Waals surface area contributed by atoms with Gasteiger partial charge in [0.1, 0.15) is 0 Å². The number of hydrogen-bond donors (Lipinski definition) is 1. The highest BCUT2D eigenvalue weighted by Crippen LogP contribution is 2.33. The lowest BCUT2D eigenvalue weighted by molar-refractivity contribution is -0.139. The third-order valence-corrected chi connectivity index (χ3v) is 6.70. The molecule has 1 aromatic carbocycles. The summed E-state index contributed by atoms with van der Waals surface area (Å²) in [6.45, 7) is 16.4. The maximum Gasteiger partial charge on any atom is 0.312 e. The van der Waals surface area contributed by atoms with Gasteiger partial charge in [-0.05, 0) is 53.2 Å². The third-order valence-electron chi connectivity index (χ3n) is 6.70. The number of benzene rings is 1. The first kappa shape index (κ1) is 31.9. The zero-order valence-electron chi connectivity index (χ0n) is 23.3. The fraction of sp³-hybridized carbons (Fsp3) is 0.667. The van der Waals surface area contributed by atoms with Crippen molar-refractivity contribution in [1.29, 1.82) is 0 Å². The lowest BCUT2D eigenvalue weighted by Crippen LogP contribution is -2.24. The van der Waals surface area contributed by atoms with Crippen molar-refractivity contribution < 1.29 is 23.9 Å². The Morgan fingerprint density at radius 1 is 0.784 bits per heavy atom. The molecule has 1 rings (SSSR count). The molecule has 0 aliphatic rings. The standard InChI is InChI=1S/C27H42N4O6/c1-15(2)20(16(3)4)13-25(32)36-23-10-9-19(11-22(29-31-28)27(34)30-35)12-24(23)37-26(33)14-21(17(5)6)18(7)8/h9-10,12,15-18,20-22H,11,13-14H2,1-8H3,(H2,28,29)/t22-/m0/s1. The topological polar surface area (TPSA) is 150 Å². The second-order valence-corrected chi connectivity index (χ2v) is 10.8. The normalized spacial score (nSPS) is 12.8. The number of ether oxygens (including phenoxy) is 2. The van der Waals surface area contributed by atoms with Gasteiger partial charge in [0.2, 0.25) is 0 Å². The molecule has 37 heavy (non-hydrogen) atoms. The molecule has 10 heteroatoms. The SMILES string of the molecule is CC(C)C(CC(=O)Oc1ccc(C[C@H](N=NN)C(=O)N=O)cc1OC(=O)CC(C(C)C)C(C)C)C(C)C. The number of nitroso groups, excluding NO2 is 1. The maximum absolute atomic E-state index is 12.9. The molecule has 1 atom stereocenters. The van der Waals surface area contributed by atoms with Crippen LogP contribution in [0.4, 0.5) is 0 Å². The largest absolute Gasteiger partial charge is 0.423 e. The molecule has 206 valence electrons. The van der Waals surface area contributed by atoms with Crippen molar-refractivity contribution in [1.82, 2.24) is 0 Å². The van der Waals surface area contributed by atoms with Crippen LogP contribution in [0.15, 0.2) is 33.7 Å². The number of hydrogen-bond acceptors (Lipinski definition) is 8. The van der Waals surface area contributed by atoms with Gasteiger partial charge in [-0.15, -0.1) is 4.91 Å². The second-order valence-electron chi connectivity index (χ2n) is 10.8. The van der Waals surface area contributed by atoms with E-state index in [4.69, 9.17) is 15.3 Å². The van der Waals surface area contributed by atoms with E-state index in [-0.39, 0.29) is 66.3 Å². The Labute approximate surface area is 219 Å². The predicted octanol–water partition coefficient (Wildman–Crippen LogP) is 5.66. The van der Waals surface area contributed by atoms with Crippen molar-refractivity contribution in [3.05, 3.63) is 28.7 Å². The van der Waals surface area contributed by atoms with Gasteiger partial charge in [-0.25, -0.2) is 0 Å². The Hall–Kier alpha value is -3.17. The molecule has 1 amide bonds. The fourth-order valence-electron chi connectivity index (χ4n) is 4.58. The molecule has 0 heterocycles. The summed E-state index contributed by atoms with van der Waals surface area (Å²) in [7, 11) is 0. The van der Waals surface area contributed by atoms with Crippen LogP contribution in [0.25, 0.3) is 0 Å². The Balaban J connectivity index is 3.29. The fourth-order valence-corrected chi connectivity index (χ4v) is 4.58. The number of rotatable bonds is 14. The van der Waals surface area contributed by atoms with Gasteiger partial charge in [-0.1, -0.05) is 66.7 Å². The highest BCUT2D eigenvalue weighted by molar-refractivity contribution is 5.83. The van der Waals surface area contributed by atoms with Crippen molar-refractivity contribution in [2.45, 2.75) is 80.7 Å². The Morgan fingerprint density at radius 3 is 1.65 bits per heavy atom. The van der Waals surface area contributed by atoms with E-state index in [2.05, 4.69) is 70.9 Å². The van der Waals surface area contributed by atoms with Crippen LogP contribution in [0, 0.1) is 40.4 Å². The van der Waals surface area contributed by atoms with Crippen LogP contribution in [0.5, 0.6) is 11.5 Å². The number of carbonyl (C=O) groups excluding carboxylic acids is 3. The molecule has 0 radical (unpaired) electrons. The lowest BCUT2D eigenvalue weighted by atomic mass is 9.83. The van der Waals surface area contributed by atoms with Crippen molar-refractivity contribution in [2.75, 3.05) is 0 Å². The van der Waals surface area contributed by atoms with Crippen LogP contribution < -0.4 is 15.3 Å². The van der Waals surface area contributed by atoms with Gasteiger partial charge in [0.25, 0.3) is 0 Å². The van der Waals surface area contributed by atoms with Crippen molar-refractivity contribution in [3.63, 3.8) is 0 Å². The minimum atomic E-state index is -1.22. The van der Waals surface area contributed by atoms with Gasteiger partial charge in [-0.3, -0.25) is 14.4 Å². The van der Waals surface area contributed by atoms with Gasteiger partial charge < -0.3 is 15.3 Å². The van der Waals surface area contributed by atoms with E-state index >= 15 is 0 Å². The number of esters is 2. The summed E-state index contributed by atoms with van der Waals surface area (Å²) in [5.74, 6) is 4.60. The predicted molar refractivity (Wildman–Crippen MR) is 141 cm³/mol. The summed E-state index contributed by atoms with van der Waals surface area (Å²) in [5, 5.41) is 9.06. The molecule has 0 unspecified atom stereocenters. The second kappa shape index (κ2) is 15.2. The van der Waals surface area contributed by atoms with Gasteiger partial charge in [0.05, 0.1) is 0 Å². The monoisotopic (exact) mass is 518 g/mol. The molecular weight excluding hydrogens is 476 g/mol. The van der Waals surface area contributed by atoms with E-state index < -0.39 is 23.9 Å². The number of nitrogens with zero attached hydrogens (tertiary/aromatic N) is 3. The molecule has 0 saturated carbocycles. The van der Waals surface area contributed by atoms with Gasteiger partial charge in [-0.2, -0.15) is 5.11 Å². The van der Waals surface area contributed by atoms with Crippen LogP contribution >= 0.6 is 0 Å². The molecule has 2 N–H and O–H groups in total. The van der Waals surface area contributed by atoms with Crippen LogP contribution in [-0.2, 0) is 20.8 Å². The van der Waals surface area contributed by atoms with Crippen LogP contribution in [-0.4, -0.2) is 23.9 Å². The average molecular weight is 519 g/mol. The van der Waals surface area contributed by atoms with E-state index in [0.29, 0.717) is 5.56 Å². The summed E-state index contributed by atoms with van der Waals surface area (Å²) in [4.78, 5) is 48.2. The number of amides is 1. The molecule has 0 fully saturated rings. The molecule has 0 saturated heterocycles. The summed E-state index contributed by atoms with van der Waals surface area (Å²) in [5.41, 5.74) is 0.489. The first-order valence-electron chi connectivity index (χ1n) is 12.8. The Morgan fingerprint density at radius 2 is 1.24 bits per heavy atom. The van der Waals surface area contributed by atoms with Crippen LogP contribution in [0.2, 0.25) is 0 Å². The van der Waals surface area contributed by atoms with Crippen molar-refractivity contribution in [2.24, 2.45) is 56.9 Å². The van der Waals surface area contributed by atoms with Gasteiger partial charge in [0, 0.05) is 24.4 Å². The van der Waals surface area contributed by atoms with Crippen molar-refractivity contribution in [3.8, 4) is 11.5 Å². The zero-order chi connectivity index (χ0) is 28.3. The Bertz CT molecular complexity index is 942. The van der Waals surface area contributed by atoms with Crippen LogP contribution in [0.1, 0.15) is 73.8 Å². The number of carbonyl (C=O) groups is 3. The minimum absolute atomic E-state index is 0.0442. The van der Waals surface area contributed by atoms with E-state index in [9.17, 15) is 19.3 Å². The molecule has 1 aromatic rings. The first-order chi connectivity index (χ1) is 17.3. The average Bonchev–Trinajstić information content (AvgIpc) is 2.80. The highest BCUT2D eigenvalue weighted by atomic mass is 16.6. The van der Waals surface area contributed by atoms with E-state index in [1.165, 1.54) is 12.1 Å². The lowest BCUT2D eigenvalue weighted by Gasteiger charge is -2.24. The smallest absolute Gasteiger partial charge is 0.312 e.